The fourth-order valence-electron chi connectivity index (χ4n) is 5.23. The van der Waals surface area contributed by atoms with Gasteiger partial charge in [0.15, 0.2) is 0 Å². The number of ether oxygens (including phenoxy) is 2. The summed E-state index contributed by atoms with van der Waals surface area (Å²) in [4.78, 5) is 4.52. The van der Waals surface area contributed by atoms with Crippen LogP contribution in [0.2, 0.25) is 5.02 Å². The molecule has 8 heteroatoms. The first-order chi connectivity index (χ1) is 17.3. The number of pyridine rings is 1. The molecule has 0 spiro atoms. The molecule has 1 aromatic heterocycles. The number of methoxy groups -OCH3 is 1. The topological polar surface area (TPSA) is 67.4 Å². The fourth-order valence-corrected chi connectivity index (χ4v) is 5.44. The molecule has 0 bridgehead atoms. The number of anilines is 2. The molecule has 1 aliphatic carbocycles. The lowest BCUT2D eigenvalue weighted by atomic mass is 9.82. The second-order valence-electron chi connectivity index (χ2n) is 10.7. The Hall–Kier alpha value is -1.93. The molecule has 198 valence electrons. The number of benzene rings is 1. The molecule has 2 aromatic rings. The molecule has 2 heterocycles. The highest BCUT2D eigenvalue weighted by Crippen LogP contribution is 2.34. The summed E-state index contributed by atoms with van der Waals surface area (Å²) in [6.07, 6.45) is 8.00. The first-order valence-electron chi connectivity index (χ1n) is 13.1. The van der Waals surface area contributed by atoms with Crippen LogP contribution in [-0.2, 0) is 9.47 Å². The number of hydrogen-bond donors (Lipinski definition) is 3. The van der Waals surface area contributed by atoms with Crippen molar-refractivity contribution < 1.29 is 13.9 Å². The van der Waals surface area contributed by atoms with Crippen LogP contribution in [0.15, 0.2) is 30.5 Å². The van der Waals surface area contributed by atoms with Crippen molar-refractivity contribution in [1.82, 2.24) is 10.3 Å². The Labute approximate surface area is 219 Å². The lowest BCUT2D eigenvalue weighted by Gasteiger charge is -2.34. The van der Waals surface area contributed by atoms with Crippen molar-refractivity contribution in [1.29, 1.82) is 0 Å². The van der Waals surface area contributed by atoms with Gasteiger partial charge in [0.05, 0.1) is 17.3 Å². The van der Waals surface area contributed by atoms with Gasteiger partial charge in [-0.1, -0.05) is 24.6 Å². The normalized spacial score (nSPS) is 22.7. The zero-order chi connectivity index (χ0) is 25.5. The summed E-state index contributed by atoms with van der Waals surface area (Å²) in [5.41, 5.74) is 2.31. The van der Waals surface area contributed by atoms with Gasteiger partial charge in [0.2, 0.25) is 0 Å². The van der Waals surface area contributed by atoms with Crippen molar-refractivity contribution in [3.05, 3.63) is 41.3 Å². The van der Waals surface area contributed by atoms with Gasteiger partial charge in [-0.05, 0) is 74.6 Å². The van der Waals surface area contributed by atoms with Crippen LogP contribution in [0.25, 0.3) is 11.1 Å². The van der Waals surface area contributed by atoms with E-state index >= 15 is 0 Å². The highest BCUT2D eigenvalue weighted by Gasteiger charge is 2.27. The zero-order valence-electron chi connectivity index (χ0n) is 21.7. The largest absolute Gasteiger partial charge is 0.383 e. The number of rotatable bonds is 10. The molecule has 3 N–H and O–H groups in total. The highest BCUT2D eigenvalue weighted by molar-refractivity contribution is 6.33. The van der Waals surface area contributed by atoms with Gasteiger partial charge in [0.1, 0.15) is 11.6 Å². The lowest BCUT2D eigenvalue weighted by molar-refractivity contribution is 0.0300. The molecule has 36 heavy (non-hydrogen) atoms. The molecule has 6 nitrogen and oxygen atoms in total. The van der Waals surface area contributed by atoms with Crippen molar-refractivity contribution in [3.63, 3.8) is 0 Å². The van der Waals surface area contributed by atoms with E-state index in [1.807, 2.05) is 12.1 Å². The number of aromatic nitrogens is 1. The van der Waals surface area contributed by atoms with Crippen molar-refractivity contribution in [2.75, 3.05) is 44.1 Å². The standard InChI is InChI=1S/C28H40ClFN4O2/c1-19(17-35-3)33-21-5-7-22(8-6-21)34-27-15-23(24(29)16-31-27)20-4-9-25(30)26(14-20)32-18-28(2)10-12-36-13-11-28/h4,9,14-16,19,21-22,32-33H,5-8,10-13,17-18H2,1-3H3,(H,31,34)/t19-,21-,22-/m1/s1. The molecule has 0 amide bonds. The molecule has 1 saturated heterocycles. The minimum absolute atomic E-state index is 0.0996. The Morgan fingerprint density at radius 2 is 1.89 bits per heavy atom. The van der Waals surface area contributed by atoms with E-state index in [0.717, 1.165) is 75.3 Å². The van der Waals surface area contributed by atoms with E-state index in [2.05, 4.69) is 34.8 Å². The second-order valence-corrected chi connectivity index (χ2v) is 11.1. The van der Waals surface area contributed by atoms with E-state index in [4.69, 9.17) is 21.1 Å². The fraction of sp³-hybridized carbons (Fsp3) is 0.607. The van der Waals surface area contributed by atoms with Crippen LogP contribution in [0, 0.1) is 11.2 Å². The smallest absolute Gasteiger partial charge is 0.146 e. The molecular formula is C28H40ClFN4O2. The van der Waals surface area contributed by atoms with Gasteiger partial charge in [-0.15, -0.1) is 0 Å². The summed E-state index contributed by atoms with van der Waals surface area (Å²) < 4.78 is 25.4. The summed E-state index contributed by atoms with van der Waals surface area (Å²) in [6.45, 7) is 7.34. The number of nitrogens with one attached hydrogen (secondary N) is 3. The predicted molar refractivity (Wildman–Crippen MR) is 145 cm³/mol. The SMILES string of the molecule is COC[C@@H](C)N[C@H]1CC[C@H](Nc2cc(-c3ccc(F)c(NCC4(C)CCOCC4)c3)c(Cl)cn2)CC1. The molecule has 0 radical (unpaired) electrons. The van der Waals surface area contributed by atoms with Crippen molar-refractivity contribution in [2.24, 2.45) is 5.41 Å². The Morgan fingerprint density at radius 1 is 1.17 bits per heavy atom. The quantitative estimate of drug-likeness (QED) is 0.352. The minimum Gasteiger partial charge on any atom is -0.383 e. The predicted octanol–water partition coefficient (Wildman–Crippen LogP) is 6.12. The summed E-state index contributed by atoms with van der Waals surface area (Å²) >= 11 is 6.54. The molecule has 2 aliphatic rings. The van der Waals surface area contributed by atoms with Crippen molar-refractivity contribution in [3.8, 4) is 11.1 Å². The van der Waals surface area contributed by atoms with Gasteiger partial charge in [-0.2, -0.15) is 0 Å². The van der Waals surface area contributed by atoms with Crippen LogP contribution in [-0.4, -0.2) is 56.6 Å². The zero-order valence-corrected chi connectivity index (χ0v) is 22.5. The number of halogens is 2. The van der Waals surface area contributed by atoms with Gasteiger partial charge < -0.3 is 25.4 Å². The van der Waals surface area contributed by atoms with Crippen LogP contribution in [0.3, 0.4) is 0 Å². The summed E-state index contributed by atoms with van der Waals surface area (Å²) in [5.74, 6) is 0.537. The van der Waals surface area contributed by atoms with Gasteiger partial charge in [-0.25, -0.2) is 9.37 Å². The summed E-state index contributed by atoms with van der Waals surface area (Å²) in [7, 11) is 1.74. The average molecular weight is 519 g/mol. The Balaban J connectivity index is 1.39. The van der Waals surface area contributed by atoms with E-state index in [0.29, 0.717) is 35.4 Å². The van der Waals surface area contributed by atoms with Crippen molar-refractivity contribution >= 4 is 23.1 Å². The van der Waals surface area contributed by atoms with Gasteiger partial charge >= 0.3 is 0 Å². The van der Waals surface area contributed by atoms with Crippen LogP contribution in [0.1, 0.15) is 52.4 Å². The lowest BCUT2D eigenvalue weighted by Crippen LogP contribution is -2.42. The van der Waals surface area contributed by atoms with Crippen LogP contribution in [0.5, 0.6) is 0 Å². The van der Waals surface area contributed by atoms with Gasteiger partial charge in [0.25, 0.3) is 0 Å². The Bertz CT molecular complexity index is 994. The molecule has 1 atom stereocenters. The first-order valence-corrected chi connectivity index (χ1v) is 13.5. The molecule has 1 aliphatic heterocycles. The van der Waals surface area contributed by atoms with E-state index < -0.39 is 0 Å². The van der Waals surface area contributed by atoms with E-state index in [9.17, 15) is 4.39 Å². The van der Waals surface area contributed by atoms with Crippen LogP contribution < -0.4 is 16.0 Å². The molecule has 4 rings (SSSR count). The third-order valence-electron chi connectivity index (χ3n) is 7.55. The maximum absolute atomic E-state index is 14.6. The molecule has 2 fully saturated rings. The monoisotopic (exact) mass is 518 g/mol. The minimum atomic E-state index is -0.261. The first kappa shape index (κ1) is 27.1. The van der Waals surface area contributed by atoms with E-state index in [1.165, 1.54) is 6.07 Å². The molecule has 1 aromatic carbocycles. The third-order valence-corrected chi connectivity index (χ3v) is 7.86. The maximum Gasteiger partial charge on any atom is 0.146 e. The molecular weight excluding hydrogens is 479 g/mol. The number of nitrogens with zero attached hydrogens (tertiary/aromatic N) is 1. The maximum atomic E-state index is 14.6. The Morgan fingerprint density at radius 3 is 2.61 bits per heavy atom. The van der Waals surface area contributed by atoms with Crippen LogP contribution in [0.4, 0.5) is 15.9 Å². The summed E-state index contributed by atoms with van der Waals surface area (Å²) in [5, 5.41) is 11.1. The summed E-state index contributed by atoms with van der Waals surface area (Å²) in [6, 6.07) is 8.36. The Kier molecular flexibility index (Phi) is 9.45. The second kappa shape index (κ2) is 12.5. The van der Waals surface area contributed by atoms with Crippen LogP contribution >= 0.6 is 11.6 Å². The molecule has 0 unspecified atom stereocenters. The highest BCUT2D eigenvalue weighted by atomic mass is 35.5. The van der Waals surface area contributed by atoms with E-state index in [1.54, 1.807) is 19.4 Å². The van der Waals surface area contributed by atoms with Gasteiger partial charge in [0, 0.05) is 56.8 Å². The van der Waals surface area contributed by atoms with Gasteiger partial charge in [-0.3, -0.25) is 0 Å². The van der Waals surface area contributed by atoms with Crippen molar-refractivity contribution in [2.45, 2.75) is 70.5 Å². The van der Waals surface area contributed by atoms with E-state index in [-0.39, 0.29) is 11.2 Å². The molecule has 1 saturated carbocycles. The number of hydrogen-bond acceptors (Lipinski definition) is 6. The average Bonchev–Trinajstić information content (AvgIpc) is 2.87. The third kappa shape index (κ3) is 7.31.